The first-order valence-electron chi connectivity index (χ1n) is 5.55. The minimum absolute atomic E-state index is 0.249. The van der Waals surface area contributed by atoms with Crippen LogP contribution in [0.15, 0.2) is 24.3 Å². The van der Waals surface area contributed by atoms with Crippen molar-refractivity contribution >= 4 is 11.9 Å². The first-order valence-corrected chi connectivity index (χ1v) is 5.55. The fourth-order valence-electron chi connectivity index (χ4n) is 1.57. The van der Waals surface area contributed by atoms with Gasteiger partial charge in [0.2, 0.25) is 0 Å². The molecule has 1 rings (SSSR count). The average Bonchev–Trinajstić information content (AvgIpc) is 2.31. The molecule has 0 saturated heterocycles. The first kappa shape index (κ1) is 13.8. The lowest BCUT2D eigenvalue weighted by molar-refractivity contribution is -0.141. The Morgan fingerprint density at radius 2 is 2.06 bits per heavy atom. The molecule has 18 heavy (non-hydrogen) atoms. The molecule has 0 saturated carbocycles. The van der Waals surface area contributed by atoms with Gasteiger partial charge in [0.1, 0.15) is 6.04 Å². The maximum atomic E-state index is 11.3. The third-order valence-corrected chi connectivity index (χ3v) is 2.53. The first-order chi connectivity index (χ1) is 8.54. The molecule has 0 aliphatic rings. The molecule has 0 aliphatic carbocycles. The molecule has 94 valence electrons. The van der Waals surface area contributed by atoms with E-state index in [1.165, 1.54) is 6.92 Å². The minimum atomic E-state index is -1.07. The summed E-state index contributed by atoms with van der Waals surface area (Å²) in [6.07, 6.45) is 0.249. The second-order valence-corrected chi connectivity index (χ2v) is 3.87. The Morgan fingerprint density at radius 1 is 1.39 bits per heavy atom. The summed E-state index contributed by atoms with van der Waals surface area (Å²) in [5.74, 6) is 3.06. The zero-order valence-electron chi connectivity index (χ0n) is 10.4. The lowest BCUT2D eigenvalue weighted by atomic mass is 10.0. The largest absolute Gasteiger partial charge is 0.480 e. The van der Waals surface area contributed by atoms with Crippen LogP contribution in [0.4, 0.5) is 0 Å². The number of amides is 1. The van der Waals surface area contributed by atoms with E-state index < -0.39 is 17.9 Å². The molecule has 0 aromatic heterocycles. The Morgan fingerprint density at radius 3 is 2.61 bits per heavy atom. The molecule has 0 bridgehead atoms. The van der Waals surface area contributed by atoms with Crippen LogP contribution in [0.5, 0.6) is 0 Å². The number of hydrogen-bond donors (Lipinski definition) is 2. The van der Waals surface area contributed by atoms with Gasteiger partial charge in [0, 0.05) is 6.42 Å². The molecule has 1 aromatic carbocycles. The molecule has 4 nitrogen and oxygen atoms in total. The molecule has 1 amide bonds. The number of carboxylic acids is 1. The fourth-order valence-corrected chi connectivity index (χ4v) is 1.57. The van der Waals surface area contributed by atoms with Crippen LogP contribution in [0.2, 0.25) is 0 Å². The number of nitrogens with one attached hydrogen (secondary N) is 1. The number of rotatable bonds is 4. The molecule has 0 aliphatic heterocycles. The van der Waals surface area contributed by atoms with Crippen molar-refractivity contribution in [2.24, 2.45) is 0 Å². The van der Waals surface area contributed by atoms with Gasteiger partial charge in [-0.1, -0.05) is 30.2 Å². The van der Waals surface area contributed by atoms with E-state index in [-0.39, 0.29) is 6.42 Å². The van der Waals surface area contributed by atoms with Crippen LogP contribution >= 0.6 is 0 Å². The fraction of sp³-hybridized carbons (Fsp3) is 0.286. The van der Waals surface area contributed by atoms with E-state index in [1.54, 1.807) is 0 Å². The summed E-state index contributed by atoms with van der Waals surface area (Å²) in [5, 5.41) is 11.5. The lowest BCUT2D eigenvalue weighted by Crippen LogP contribution is -2.41. The van der Waals surface area contributed by atoms with Crippen LogP contribution in [0, 0.1) is 18.8 Å². The molecule has 4 heteroatoms. The van der Waals surface area contributed by atoms with Gasteiger partial charge in [-0.05, 0) is 30.9 Å². The number of carbonyl (C=O) groups excluding carboxylic acids is 1. The average molecular weight is 245 g/mol. The highest BCUT2D eigenvalue weighted by molar-refractivity contribution is 5.96. The van der Waals surface area contributed by atoms with Gasteiger partial charge in [-0.25, -0.2) is 4.79 Å². The van der Waals surface area contributed by atoms with E-state index in [0.717, 1.165) is 11.1 Å². The monoisotopic (exact) mass is 245 g/mol. The highest BCUT2D eigenvalue weighted by atomic mass is 16.4. The van der Waals surface area contributed by atoms with E-state index in [2.05, 4.69) is 17.2 Å². The number of carbonyl (C=O) groups is 2. The summed E-state index contributed by atoms with van der Waals surface area (Å²) in [4.78, 5) is 22.4. The predicted molar refractivity (Wildman–Crippen MR) is 67.9 cm³/mol. The van der Waals surface area contributed by atoms with Gasteiger partial charge in [0.25, 0.3) is 5.91 Å². The maximum absolute atomic E-state index is 11.3. The van der Waals surface area contributed by atoms with Gasteiger partial charge < -0.3 is 10.4 Å². The molecule has 2 N–H and O–H groups in total. The summed E-state index contributed by atoms with van der Waals surface area (Å²) in [6.45, 7) is 3.43. The van der Waals surface area contributed by atoms with Gasteiger partial charge in [-0.3, -0.25) is 4.79 Å². The van der Waals surface area contributed by atoms with Gasteiger partial charge in [-0.15, -0.1) is 0 Å². The van der Waals surface area contributed by atoms with Crippen LogP contribution < -0.4 is 5.32 Å². The highest BCUT2D eigenvalue weighted by Crippen LogP contribution is 2.09. The number of benzene rings is 1. The number of aryl methyl sites for hydroxylation is 1. The summed E-state index contributed by atoms with van der Waals surface area (Å²) in [6, 6.07) is 6.52. The van der Waals surface area contributed by atoms with E-state index in [4.69, 9.17) is 5.11 Å². The normalized spacial score (nSPS) is 11.0. The Hall–Kier alpha value is -2.28. The van der Waals surface area contributed by atoms with Crippen molar-refractivity contribution in [3.8, 4) is 11.8 Å². The third-order valence-electron chi connectivity index (χ3n) is 2.53. The summed E-state index contributed by atoms with van der Waals surface area (Å²) in [5.41, 5.74) is 1.90. The molecule has 0 fully saturated rings. The SMILES string of the molecule is CC#CC(=O)N[C@@H](Cc1ccccc1C)C(=O)O. The van der Waals surface area contributed by atoms with Crippen LogP contribution in [0.25, 0.3) is 0 Å². The van der Waals surface area contributed by atoms with Crippen molar-refractivity contribution in [2.75, 3.05) is 0 Å². The second-order valence-electron chi connectivity index (χ2n) is 3.87. The summed E-state index contributed by atoms with van der Waals surface area (Å²) < 4.78 is 0. The number of hydrogen-bond acceptors (Lipinski definition) is 2. The molecule has 0 radical (unpaired) electrons. The molecular formula is C14H15NO3. The summed E-state index contributed by atoms with van der Waals surface area (Å²) >= 11 is 0. The number of aliphatic carboxylic acids is 1. The second kappa shape index (κ2) is 6.45. The van der Waals surface area contributed by atoms with E-state index in [1.807, 2.05) is 31.2 Å². The van der Waals surface area contributed by atoms with Crippen LogP contribution in [0.1, 0.15) is 18.1 Å². The zero-order valence-corrected chi connectivity index (χ0v) is 10.4. The quantitative estimate of drug-likeness (QED) is 0.781. The standard InChI is InChI=1S/C14H15NO3/c1-3-6-13(16)15-12(14(17)18)9-11-8-5-4-7-10(11)2/h4-5,7-8,12H,9H2,1-2H3,(H,15,16)(H,17,18)/t12-/m0/s1. The Balaban J connectivity index is 2.81. The molecule has 0 heterocycles. The molecular weight excluding hydrogens is 230 g/mol. The Bertz CT molecular complexity index is 511. The molecule has 0 spiro atoms. The predicted octanol–water partition coefficient (Wildman–Crippen LogP) is 1.13. The van der Waals surface area contributed by atoms with Crippen molar-refractivity contribution in [2.45, 2.75) is 26.3 Å². The van der Waals surface area contributed by atoms with E-state index >= 15 is 0 Å². The number of carboxylic acid groups (broad SMARTS) is 1. The third kappa shape index (κ3) is 3.95. The van der Waals surface area contributed by atoms with Gasteiger partial charge in [0.05, 0.1) is 0 Å². The van der Waals surface area contributed by atoms with Crippen LogP contribution in [-0.2, 0) is 16.0 Å². The zero-order chi connectivity index (χ0) is 13.5. The van der Waals surface area contributed by atoms with Crippen LogP contribution in [-0.4, -0.2) is 23.0 Å². The highest BCUT2D eigenvalue weighted by Gasteiger charge is 2.20. The van der Waals surface area contributed by atoms with E-state index in [9.17, 15) is 9.59 Å². The van der Waals surface area contributed by atoms with Crippen molar-refractivity contribution in [1.29, 1.82) is 0 Å². The van der Waals surface area contributed by atoms with Crippen molar-refractivity contribution in [3.63, 3.8) is 0 Å². The molecule has 0 unspecified atom stereocenters. The Kier molecular flexibility index (Phi) is 4.94. The van der Waals surface area contributed by atoms with Gasteiger partial charge in [0.15, 0.2) is 0 Å². The lowest BCUT2D eigenvalue weighted by Gasteiger charge is -2.14. The van der Waals surface area contributed by atoms with Gasteiger partial charge >= 0.3 is 5.97 Å². The molecule has 1 atom stereocenters. The van der Waals surface area contributed by atoms with Gasteiger partial charge in [-0.2, -0.15) is 0 Å². The van der Waals surface area contributed by atoms with Crippen molar-refractivity contribution in [3.05, 3.63) is 35.4 Å². The topological polar surface area (TPSA) is 66.4 Å². The van der Waals surface area contributed by atoms with E-state index in [0.29, 0.717) is 0 Å². The minimum Gasteiger partial charge on any atom is -0.480 e. The molecule has 1 aromatic rings. The van der Waals surface area contributed by atoms with Crippen molar-refractivity contribution in [1.82, 2.24) is 5.32 Å². The summed E-state index contributed by atoms with van der Waals surface area (Å²) in [7, 11) is 0. The maximum Gasteiger partial charge on any atom is 0.326 e. The Labute approximate surface area is 106 Å². The van der Waals surface area contributed by atoms with Crippen LogP contribution in [0.3, 0.4) is 0 Å². The van der Waals surface area contributed by atoms with Crippen molar-refractivity contribution < 1.29 is 14.7 Å². The smallest absolute Gasteiger partial charge is 0.326 e.